The molecule has 2 aromatic carbocycles. The number of methoxy groups -OCH3 is 2. The van der Waals surface area contributed by atoms with Gasteiger partial charge in [0.1, 0.15) is 6.29 Å². The first kappa shape index (κ1) is 17.6. The fourth-order valence-corrected chi connectivity index (χ4v) is 2.10. The van der Waals surface area contributed by atoms with Crippen LogP contribution in [-0.4, -0.2) is 33.0 Å². The minimum Gasteiger partial charge on any atom is -0.493 e. The Bertz CT molecular complexity index is 705. The Morgan fingerprint density at radius 2 is 1.71 bits per heavy atom. The molecule has 0 atom stereocenters. The van der Waals surface area contributed by atoms with E-state index in [0.29, 0.717) is 34.1 Å². The van der Waals surface area contributed by atoms with Gasteiger partial charge in [-0.1, -0.05) is 11.6 Å². The lowest BCUT2D eigenvalue weighted by atomic mass is 10.2. The molecule has 0 aliphatic heterocycles. The maximum absolute atomic E-state index is 12.0. The van der Waals surface area contributed by atoms with Gasteiger partial charge < -0.3 is 19.5 Å². The first-order chi connectivity index (χ1) is 11.6. The summed E-state index contributed by atoms with van der Waals surface area (Å²) in [7, 11) is 2.87. The predicted octanol–water partition coefficient (Wildman–Crippen LogP) is 3.19. The molecule has 0 saturated carbocycles. The molecule has 0 aliphatic carbocycles. The molecule has 0 aliphatic rings. The largest absolute Gasteiger partial charge is 0.493 e. The highest BCUT2D eigenvalue weighted by atomic mass is 35.5. The SMILES string of the molecule is COc1cc(C=O)cc(OC)c1OCC(=O)Nc1ccc(Cl)cc1. The number of carbonyl (C=O) groups is 2. The number of aldehydes is 1. The number of halogens is 1. The maximum atomic E-state index is 12.0. The molecule has 0 saturated heterocycles. The molecule has 0 heterocycles. The Balaban J connectivity index is 2.08. The van der Waals surface area contributed by atoms with Gasteiger partial charge in [0.2, 0.25) is 5.75 Å². The minimum absolute atomic E-state index is 0.247. The number of benzene rings is 2. The molecular weight excluding hydrogens is 334 g/mol. The third-order valence-electron chi connectivity index (χ3n) is 3.09. The number of nitrogens with one attached hydrogen (secondary N) is 1. The van der Waals surface area contributed by atoms with Crippen molar-refractivity contribution in [2.45, 2.75) is 0 Å². The summed E-state index contributed by atoms with van der Waals surface area (Å²) in [6.07, 6.45) is 0.669. The van der Waals surface area contributed by atoms with Crippen LogP contribution in [0.25, 0.3) is 0 Å². The molecule has 0 bridgehead atoms. The summed E-state index contributed by atoms with van der Waals surface area (Å²) in [4.78, 5) is 22.9. The summed E-state index contributed by atoms with van der Waals surface area (Å²) in [5.74, 6) is 0.490. The quantitative estimate of drug-likeness (QED) is 0.777. The van der Waals surface area contributed by atoms with Crippen LogP contribution in [0.1, 0.15) is 10.4 Å². The molecule has 6 nitrogen and oxygen atoms in total. The lowest BCUT2D eigenvalue weighted by Gasteiger charge is -2.15. The lowest BCUT2D eigenvalue weighted by molar-refractivity contribution is -0.118. The molecule has 1 N–H and O–H groups in total. The van der Waals surface area contributed by atoms with Crippen molar-refractivity contribution < 1.29 is 23.8 Å². The number of hydrogen-bond donors (Lipinski definition) is 1. The van der Waals surface area contributed by atoms with Crippen molar-refractivity contribution in [1.82, 2.24) is 0 Å². The monoisotopic (exact) mass is 349 g/mol. The van der Waals surface area contributed by atoms with Crippen LogP contribution in [0.3, 0.4) is 0 Å². The molecule has 2 aromatic rings. The van der Waals surface area contributed by atoms with Gasteiger partial charge in [0.15, 0.2) is 18.1 Å². The van der Waals surface area contributed by atoms with Crippen molar-refractivity contribution in [2.75, 3.05) is 26.1 Å². The average Bonchev–Trinajstić information content (AvgIpc) is 2.61. The molecular formula is C17H16ClNO5. The maximum Gasteiger partial charge on any atom is 0.262 e. The van der Waals surface area contributed by atoms with E-state index in [9.17, 15) is 9.59 Å². The number of carbonyl (C=O) groups excluding carboxylic acids is 2. The van der Waals surface area contributed by atoms with E-state index in [1.807, 2.05) is 0 Å². The van der Waals surface area contributed by atoms with Crippen LogP contribution in [0.15, 0.2) is 36.4 Å². The smallest absolute Gasteiger partial charge is 0.262 e. The van der Waals surface area contributed by atoms with Gasteiger partial charge in [-0.25, -0.2) is 0 Å². The van der Waals surface area contributed by atoms with Crippen molar-refractivity contribution >= 4 is 29.5 Å². The first-order valence-electron chi connectivity index (χ1n) is 6.96. The summed E-state index contributed by atoms with van der Waals surface area (Å²) < 4.78 is 15.9. The normalized spacial score (nSPS) is 9.96. The highest BCUT2D eigenvalue weighted by molar-refractivity contribution is 6.30. The zero-order valence-electron chi connectivity index (χ0n) is 13.2. The van der Waals surface area contributed by atoms with E-state index in [1.54, 1.807) is 24.3 Å². The van der Waals surface area contributed by atoms with Crippen LogP contribution in [-0.2, 0) is 4.79 Å². The van der Waals surface area contributed by atoms with Crippen LogP contribution in [0.2, 0.25) is 5.02 Å². The van der Waals surface area contributed by atoms with Gasteiger partial charge in [-0.2, -0.15) is 0 Å². The van der Waals surface area contributed by atoms with E-state index < -0.39 is 0 Å². The Kier molecular flexibility index (Phi) is 6.03. The Morgan fingerprint density at radius 3 is 2.21 bits per heavy atom. The second kappa shape index (κ2) is 8.21. The van der Waals surface area contributed by atoms with Crippen molar-refractivity contribution in [2.24, 2.45) is 0 Å². The first-order valence-corrected chi connectivity index (χ1v) is 7.34. The molecule has 0 aromatic heterocycles. The summed E-state index contributed by atoms with van der Waals surface area (Å²) >= 11 is 5.79. The average molecular weight is 350 g/mol. The number of hydrogen-bond acceptors (Lipinski definition) is 5. The molecule has 0 spiro atoms. The van der Waals surface area contributed by atoms with Crippen LogP contribution in [0.5, 0.6) is 17.2 Å². The Morgan fingerprint density at radius 1 is 1.12 bits per heavy atom. The number of rotatable bonds is 7. The zero-order valence-corrected chi connectivity index (χ0v) is 13.9. The minimum atomic E-state index is -0.360. The van der Waals surface area contributed by atoms with E-state index in [0.717, 1.165) is 0 Å². The zero-order chi connectivity index (χ0) is 17.5. The molecule has 2 rings (SSSR count). The van der Waals surface area contributed by atoms with E-state index in [1.165, 1.54) is 26.4 Å². The van der Waals surface area contributed by atoms with Crippen LogP contribution in [0.4, 0.5) is 5.69 Å². The molecule has 0 fully saturated rings. The number of anilines is 1. The second-order valence-corrected chi connectivity index (χ2v) is 5.15. The fourth-order valence-electron chi connectivity index (χ4n) is 1.98. The number of amides is 1. The lowest BCUT2D eigenvalue weighted by Crippen LogP contribution is -2.20. The van der Waals surface area contributed by atoms with Crippen LogP contribution in [0, 0.1) is 0 Å². The van der Waals surface area contributed by atoms with Crippen molar-refractivity contribution in [3.63, 3.8) is 0 Å². The summed E-state index contributed by atoms with van der Waals surface area (Å²) in [5.41, 5.74) is 0.977. The summed E-state index contributed by atoms with van der Waals surface area (Å²) in [6.45, 7) is -0.254. The number of ether oxygens (including phenoxy) is 3. The Labute approximate surface area is 144 Å². The molecule has 1 amide bonds. The van der Waals surface area contributed by atoms with Gasteiger partial charge >= 0.3 is 0 Å². The summed E-state index contributed by atoms with van der Waals surface area (Å²) in [6, 6.07) is 9.70. The third-order valence-corrected chi connectivity index (χ3v) is 3.35. The highest BCUT2D eigenvalue weighted by Crippen LogP contribution is 2.38. The van der Waals surface area contributed by atoms with Gasteiger partial charge in [0.05, 0.1) is 14.2 Å². The molecule has 7 heteroatoms. The van der Waals surface area contributed by atoms with E-state index in [-0.39, 0.29) is 18.3 Å². The third kappa shape index (κ3) is 4.39. The van der Waals surface area contributed by atoms with Crippen molar-refractivity contribution in [1.29, 1.82) is 0 Å². The van der Waals surface area contributed by atoms with Crippen LogP contribution < -0.4 is 19.5 Å². The van der Waals surface area contributed by atoms with Crippen molar-refractivity contribution in [3.8, 4) is 17.2 Å². The van der Waals surface area contributed by atoms with Crippen molar-refractivity contribution in [3.05, 3.63) is 47.0 Å². The van der Waals surface area contributed by atoms with E-state index in [4.69, 9.17) is 25.8 Å². The molecule has 24 heavy (non-hydrogen) atoms. The topological polar surface area (TPSA) is 73.9 Å². The van der Waals surface area contributed by atoms with Gasteiger partial charge in [0, 0.05) is 16.3 Å². The molecule has 0 radical (unpaired) electrons. The van der Waals surface area contributed by atoms with E-state index >= 15 is 0 Å². The fraction of sp³-hybridized carbons (Fsp3) is 0.176. The predicted molar refractivity (Wildman–Crippen MR) is 90.5 cm³/mol. The van der Waals surface area contributed by atoms with Crippen LogP contribution >= 0.6 is 11.6 Å². The summed E-state index contributed by atoms with van der Waals surface area (Å²) in [5, 5.41) is 3.25. The second-order valence-electron chi connectivity index (χ2n) is 4.72. The Hall–Kier alpha value is -2.73. The van der Waals surface area contributed by atoms with Gasteiger partial charge in [0.25, 0.3) is 5.91 Å². The van der Waals surface area contributed by atoms with Gasteiger partial charge in [-0.05, 0) is 36.4 Å². The highest BCUT2D eigenvalue weighted by Gasteiger charge is 2.15. The van der Waals surface area contributed by atoms with E-state index in [2.05, 4.69) is 5.32 Å². The van der Waals surface area contributed by atoms with Gasteiger partial charge in [-0.15, -0.1) is 0 Å². The standard InChI is InChI=1S/C17H16ClNO5/c1-22-14-7-11(9-20)8-15(23-2)17(14)24-10-16(21)19-13-5-3-12(18)4-6-13/h3-9H,10H2,1-2H3,(H,19,21). The van der Waals surface area contributed by atoms with Gasteiger partial charge in [-0.3, -0.25) is 9.59 Å². The molecule has 126 valence electrons. The molecule has 0 unspecified atom stereocenters.